The number of halogens is 1. The van der Waals surface area contributed by atoms with Gasteiger partial charge >= 0.3 is 0 Å². The van der Waals surface area contributed by atoms with Crippen molar-refractivity contribution >= 4 is 28.6 Å². The number of anilines is 1. The normalized spacial score (nSPS) is 15.8. The molecule has 96 valence electrons. The Bertz CT molecular complexity index is 586. The van der Waals surface area contributed by atoms with Crippen molar-refractivity contribution in [1.29, 1.82) is 0 Å². The lowest BCUT2D eigenvalue weighted by Gasteiger charge is -2.15. The topological polar surface area (TPSA) is 46.8 Å². The van der Waals surface area contributed by atoms with Gasteiger partial charge in [0.1, 0.15) is 11.0 Å². The van der Waals surface area contributed by atoms with E-state index in [0.717, 1.165) is 42.3 Å². The summed E-state index contributed by atoms with van der Waals surface area (Å²) in [4.78, 5) is 11.2. The minimum atomic E-state index is 0.504. The van der Waals surface area contributed by atoms with Crippen LogP contribution in [0.1, 0.15) is 25.5 Å². The fraction of sp³-hybridized carbons (Fsp3) is 0.583. The van der Waals surface area contributed by atoms with Crippen molar-refractivity contribution in [3.63, 3.8) is 0 Å². The molecule has 0 unspecified atom stereocenters. The van der Waals surface area contributed by atoms with E-state index in [0.29, 0.717) is 5.15 Å². The Labute approximate surface area is 111 Å². The summed E-state index contributed by atoms with van der Waals surface area (Å²) in [5.74, 6) is 0.740. The van der Waals surface area contributed by atoms with Gasteiger partial charge in [0.2, 0.25) is 5.95 Å². The van der Waals surface area contributed by atoms with Gasteiger partial charge in [-0.25, -0.2) is 4.98 Å². The van der Waals surface area contributed by atoms with Crippen LogP contribution in [0, 0.1) is 6.92 Å². The first-order valence-electron chi connectivity index (χ1n) is 6.36. The first kappa shape index (κ1) is 11.7. The maximum absolute atomic E-state index is 6.30. The summed E-state index contributed by atoms with van der Waals surface area (Å²) in [6.07, 6.45) is 2.40. The molecule has 3 rings (SSSR count). The molecule has 0 bridgehead atoms. The molecule has 0 aliphatic carbocycles. The van der Waals surface area contributed by atoms with Crippen LogP contribution in [0.15, 0.2) is 0 Å². The van der Waals surface area contributed by atoms with E-state index in [4.69, 9.17) is 11.6 Å². The zero-order valence-electron chi connectivity index (χ0n) is 10.6. The van der Waals surface area contributed by atoms with E-state index in [1.54, 1.807) is 0 Å². The predicted octanol–water partition coefficient (Wildman–Crippen LogP) is 2.41. The molecule has 5 nitrogen and oxygen atoms in total. The molecule has 3 heterocycles. The second-order valence-corrected chi connectivity index (χ2v) is 4.96. The zero-order valence-corrected chi connectivity index (χ0v) is 11.4. The molecule has 1 aliphatic heterocycles. The van der Waals surface area contributed by atoms with Crippen LogP contribution < -0.4 is 4.90 Å². The second kappa shape index (κ2) is 4.39. The monoisotopic (exact) mass is 265 g/mol. The molecule has 0 N–H and O–H groups in total. The molecule has 0 amide bonds. The average Bonchev–Trinajstić information content (AvgIpc) is 2.97. The van der Waals surface area contributed by atoms with Gasteiger partial charge in [-0.05, 0) is 26.7 Å². The van der Waals surface area contributed by atoms with E-state index in [1.165, 1.54) is 12.8 Å². The number of aryl methyl sites for hydroxylation is 2. The molecule has 1 fully saturated rings. The summed E-state index contributed by atoms with van der Waals surface area (Å²) in [6, 6.07) is 0. The maximum atomic E-state index is 6.30. The first-order chi connectivity index (χ1) is 8.70. The summed E-state index contributed by atoms with van der Waals surface area (Å²) in [5.41, 5.74) is 2.63. The van der Waals surface area contributed by atoms with E-state index in [2.05, 4.69) is 20.0 Å². The van der Waals surface area contributed by atoms with Crippen LogP contribution in [0.25, 0.3) is 11.0 Å². The van der Waals surface area contributed by atoms with Gasteiger partial charge in [0.15, 0.2) is 5.15 Å². The molecule has 0 atom stereocenters. The third-order valence-corrected chi connectivity index (χ3v) is 3.65. The molecule has 0 radical (unpaired) electrons. The summed E-state index contributed by atoms with van der Waals surface area (Å²) in [5, 5.41) is 4.95. The smallest absolute Gasteiger partial charge is 0.227 e. The molecule has 0 saturated carbocycles. The van der Waals surface area contributed by atoms with E-state index >= 15 is 0 Å². The van der Waals surface area contributed by atoms with Gasteiger partial charge in [-0.15, -0.1) is 0 Å². The van der Waals surface area contributed by atoms with E-state index in [1.807, 2.05) is 18.5 Å². The molecule has 6 heteroatoms. The second-order valence-electron chi connectivity index (χ2n) is 4.61. The highest BCUT2D eigenvalue weighted by atomic mass is 35.5. The van der Waals surface area contributed by atoms with Crippen LogP contribution in [-0.2, 0) is 6.54 Å². The van der Waals surface area contributed by atoms with Crippen molar-refractivity contribution in [3.8, 4) is 0 Å². The Morgan fingerprint density at radius 2 is 1.94 bits per heavy atom. The Hall–Kier alpha value is -1.36. The number of rotatable bonds is 2. The summed E-state index contributed by atoms with van der Waals surface area (Å²) in [6.45, 7) is 6.81. The first-order valence-corrected chi connectivity index (χ1v) is 6.74. The number of fused-ring (bicyclic) bond motifs is 1. The van der Waals surface area contributed by atoms with Gasteiger partial charge in [-0.2, -0.15) is 10.1 Å². The number of nitrogens with zero attached hydrogens (tertiary/aromatic N) is 5. The van der Waals surface area contributed by atoms with Crippen molar-refractivity contribution in [2.45, 2.75) is 33.2 Å². The maximum Gasteiger partial charge on any atom is 0.227 e. The molecule has 0 spiro atoms. The Balaban J connectivity index is 2.17. The van der Waals surface area contributed by atoms with Crippen LogP contribution in [0.4, 0.5) is 5.95 Å². The SMILES string of the molecule is CCn1nc(C)c2nc(N3CCCC3)nc(Cl)c21. The van der Waals surface area contributed by atoms with E-state index in [-0.39, 0.29) is 0 Å². The zero-order chi connectivity index (χ0) is 12.7. The third kappa shape index (κ3) is 1.73. The molecular formula is C12H16ClN5. The predicted molar refractivity (Wildman–Crippen MR) is 72.2 cm³/mol. The van der Waals surface area contributed by atoms with E-state index in [9.17, 15) is 0 Å². The van der Waals surface area contributed by atoms with Gasteiger partial charge in [0, 0.05) is 19.6 Å². The average molecular weight is 266 g/mol. The molecule has 0 aromatic carbocycles. The van der Waals surface area contributed by atoms with Gasteiger partial charge in [0.05, 0.1) is 5.69 Å². The Kier molecular flexibility index (Phi) is 2.86. The van der Waals surface area contributed by atoms with Crippen LogP contribution in [0.5, 0.6) is 0 Å². The summed E-state index contributed by atoms with van der Waals surface area (Å²) < 4.78 is 1.86. The lowest BCUT2D eigenvalue weighted by molar-refractivity contribution is 0.675. The molecular weight excluding hydrogens is 250 g/mol. The fourth-order valence-corrected chi connectivity index (χ4v) is 2.73. The number of hydrogen-bond acceptors (Lipinski definition) is 4. The van der Waals surface area contributed by atoms with Crippen LogP contribution in [0.2, 0.25) is 5.15 Å². The lowest BCUT2D eigenvalue weighted by Crippen LogP contribution is -2.20. The molecule has 2 aromatic rings. The van der Waals surface area contributed by atoms with Crippen LogP contribution >= 0.6 is 11.6 Å². The highest BCUT2D eigenvalue weighted by Gasteiger charge is 2.20. The highest BCUT2D eigenvalue weighted by molar-refractivity contribution is 6.33. The number of aromatic nitrogens is 4. The van der Waals surface area contributed by atoms with E-state index < -0.39 is 0 Å². The van der Waals surface area contributed by atoms with Crippen molar-refractivity contribution in [1.82, 2.24) is 19.7 Å². The minimum Gasteiger partial charge on any atom is -0.341 e. The number of hydrogen-bond donors (Lipinski definition) is 0. The minimum absolute atomic E-state index is 0.504. The summed E-state index contributed by atoms with van der Waals surface area (Å²) in [7, 11) is 0. The van der Waals surface area contributed by atoms with Gasteiger partial charge in [0.25, 0.3) is 0 Å². The lowest BCUT2D eigenvalue weighted by atomic mass is 10.3. The third-order valence-electron chi connectivity index (χ3n) is 3.39. The van der Waals surface area contributed by atoms with Gasteiger partial charge in [-0.1, -0.05) is 11.6 Å². The molecule has 2 aromatic heterocycles. The highest BCUT2D eigenvalue weighted by Crippen LogP contribution is 2.27. The molecule has 18 heavy (non-hydrogen) atoms. The van der Waals surface area contributed by atoms with Gasteiger partial charge < -0.3 is 4.90 Å². The molecule has 1 saturated heterocycles. The van der Waals surface area contributed by atoms with Crippen LogP contribution in [-0.4, -0.2) is 32.8 Å². The van der Waals surface area contributed by atoms with Crippen molar-refractivity contribution in [3.05, 3.63) is 10.8 Å². The van der Waals surface area contributed by atoms with Crippen molar-refractivity contribution in [2.24, 2.45) is 0 Å². The Morgan fingerprint density at radius 1 is 1.22 bits per heavy atom. The largest absolute Gasteiger partial charge is 0.341 e. The summed E-state index contributed by atoms with van der Waals surface area (Å²) >= 11 is 6.30. The molecule has 1 aliphatic rings. The quantitative estimate of drug-likeness (QED) is 0.783. The fourth-order valence-electron chi connectivity index (χ4n) is 2.46. The Morgan fingerprint density at radius 3 is 2.61 bits per heavy atom. The van der Waals surface area contributed by atoms with Crippen molar-refractivity contribution < 1.29 is 0 Å². The van der Waals surface area contributed by atoms with Crippen LogP contribution in [0.3, 0.4) is 0 Å². The van der Waals surface area contributed by atoms with Crippen molar-refractivity contribution in [2.75, 3.05) is 18.0 Å². The standard InChI is InChI=1S/C12H16ClN5/c1-3-18-10-9(8(2)16-18)14-12(15-11(10)13)17-6-4-5-7-17/h3-7H2,1-2H3. The van der Waals surface area contributed by atoms with Gasteiger partial charge in [-0.3, -0.25) is 4.68 Å².